The van der Waals surface area contributed by atoms with Gasteiger partial charge in [0.15, 0.2) is 5.82 Å². The van der Waals surface area contributed by atoms with Crippen molar-refractivity contribution in [1.29, 1.82) is 0 Å². The number of nitrogens with zero attached hydrogens (tertiary/aromatic N) is 3. The van der Waals surface area contributed by atoms with Crippen LogP contribution in [0.25, 0.3) is 0 Å². The van der Waals surface area contributed by atoms with Crippen molar-refractivity contribution in [2.75, 3.05) is 7.11 Å². The molecule has 20 heavy (non-hydrogen) atoms. The van der Waals surface area contributed by atoms with Gasteiger partial charge in [-0.05, 0) is 18.6 Å². The van der Waals surface area contributed by atoms with E-state index in [-0.39, 0.29) is 11.7 Å². The van der Waals surface area contributed by atoms with E-state index in [0.717, 1.165) is 11.3 Å². The third-order valence-corrected chi connectivity index (χ3v) is 3.85. The van der Waals surface area contributed by atoms with E-state index in [1.54, 1.807) is 42.7 Å². The van der Waals surface area contributed by atoms with Gasteiger partial charge < -0.3 is 13.8 Å². The minimum absolute atomic E-state index is 0.00269. The molecule has 2 heterocycles. The molecule has 0 fully saturated rings. The van der Waals surface area contributed by atoms with Crippen molar-refractivity contribution < 1.29 is 9.26 Å². The SMILES string of the molecule is COC(C)c1noc(CSCc2ccn(C)c(=O)c2)n1. The summed E-state index contributed by atoms with van der Waals surface area (Å²) in [6, 6.07) is 3.57. The summed E-state index contributed by atoms with van der Waals surface area (Å²) in [5.41, 5.74) is 0.986. The molecule has 108 valence electrons. The molecule has 0 bridgehead atoms. The molecule has 1 unspecified atom stereocenters. The second-order valence-corrected chi connectivity index (χ2v) is 5.39. The monoisotopic (exact) mass is 295 g/mol. The second-order valence-electron chi connectivity index (χ2n) is 4.40. The summed E-state index contributed by atoms with van der Waals surface area (Å²) < 4.78 is 11.8. The van der Waals surface area contributed by atoms with Gasteiger partial charge in [0.25, 0.3) is 5.56 Å². The summed E-state index contributed by atoms with van der Waals surface area (Å²) in [5.74, 6) is 2.46. The Kier molecular flexibility index (Phi) is 4.97. The molecule has 0 N–H and O–H groups in total. The molecule has 0 saturated heterocycles. The standard InChI is InChI=1S/C13H17N3O3S/c1-9(18-3)13-14-11(19-15-13)8-20-7-10-4-5-16(2)12(17)6-10/h4-6,9H,7-8H2,1-3H3. The zero-order valence-electron chi connectivity index (χ0n) is 11.7. The van der Waals surface area contributed by atoms with Gasteiger partial charge in [0, 0.05) is 32.2 Å². The van der Waals surface area contributed by atoms with Gasteiger partial charge in [0.1, 0.15) is 6.10 Å². The second kappa shape index (κ2) is 6.71. The van der Waals surface area contributed by atoms with Crippen LogP contribution >= 0.6 is 11.8 Å². The summed E-state index contributed by atoms with van der Waals surface area (Å²) in [7, 11) is 3.33. The number of hydrogen-bond donors (Lipinski definition) is 0. The Labute approximate surface area is 121 Å². The summed E-state index contributed by atoms with van der Waals surface area (Å²) in [4.78, 5) is 15.7. The van der Waals surface area contributed by atoms with Crippen molar-refractivity contribution >= 4 is 11.8 Å². The zero-order valence-corrected chi connectivity index (χ0v) is 12.5. The van der Waals surface area contributed by atoms with Crippen molar-refractivity contribution in [2.45, 2.75) is 24.5 Å². The lowest BCUT2D eigenvalue weighted by atomic mass is 10.3. The van der Waals surface area contributed by atoms with Crippen LogP contribution in [0.4, 0.5) is 0 Å². The molecule has 0 spiro atoms. The number of rotatable bonds is 6. The highest BCUT2D eigenvalue weighted by Gasteiger charge is 2.12. The van der Waals surface area contributed by atoms with Gasteiger partial charge in [0.2, 0.25) is 5.89 Å². The fraction of sp³-hybridized carbons (Fsp3) is 0.462. The van der Waals surface area contributed by atoms with Crippen LogP contribution in [0.1, 0.15) is 30.3 Å². The van der Waals surface area contributed by atoms with E-state index in [2.05, 4.69) is 10.1 Å². The van der Waals surface area contributed by atoms with Gasteiger partial charge in [-0.3, -0.25) is 4.79 Å². The van der Waals surface area contributed by atoms with Crippen LogP contribution in [0, 0.1) is 0 Å². The highest BCUT2D eigenvalue weighted by molar-refractivity contribution is 7.97. The van der Waals surface area contributed by atoms with Gasteiger partial charge in [-0.15, -0.1) is 11.8 Å². The van der Waals surface area contributed by atoms with Gasteiger partial charge in [-0.2, -0.15) is 4.98 Å². The first-order valence-corrected chi connectivity index (χ1v) is 7.34. The van der Waals surface area contributed by atoms with Crippen LogP contribution < -0.4 is 5.56 Å². The maximum atomic E-state index is 11.5. The molecule has 2 aromatic heterocycles. The van der Waals surface area contributed by atoms with Crippen molar-refractivity contribution in [1.82, 2.24) is 14.7 Å². The number of methoxy groups -OCH3 is 1. The van der Waals surface area contributed by atoms with E-state index in [0.29, 0.717) is 17.5 Å². The Morgan fingerprint density at radius 1 is 1.50 bits per heavy atom. The lowest BCUT2D eigenvalue weighted by Crippen LogP contribution is -2.14. The van der Waals surface area contributed by atoms with Crippen LogP contribution in [-0.4, -0.2) is 21.8 Å². The molecule has 2 aromatic rings. The molecule has 0 amide bonds. The van der Waals surface area contributed by atoms with Crippen LogP contribution in [0.3, 0.4) is 0 Å². The Morgan fingerprint density at radius 3 is 3.00 bits per heavy atom. The number of ether oxygens (including phenoxy) is 1. The van der Waals surface area contributed by atoms with E-state index < -0.39 is 0 Å². The smallest absolute Gasteiger partial charge is 0.250 e. The van der Waals surface area contributed by atoms with Crippen LogP contribution in [0.2, 0.25) is 0 Å². The quantitative estimate of drug-likeness (QED) is 0.810. The average Bonchev–Trinajstić information content (AvgIpc) is 2.91. The molecule has 2 rings (SSSR count). The summed E-state index contributed by atoms with van der Waals surface area (Å²) in [6.07, 6.45) is 1.60. The van der Waals surface area contributed by atoms with Crippen LogP contribution in [-0.2, 0) is 23.3 Å². The van der Waals surface area contributed by atoms with E-state index in [1.807, 2.05) is 13.0 Å². The average molecular weight is 295 g/mol. The highest BCUT2D eigenvalue weighted by atomic mass is 32.2. The first-order valence-electron chi connectivity index (χ1n) is 6.18. The van der Waals surface area contributed by atoms with E-state index >= 15 is 0 Å². The summed E-state index contributed by atoms with van der Waals surface area (Å²) in [6.45, 7) is 1.86. The normalized spacial score (nSPS) is 12.6. The molecule has 0 radical (unpaired) electrons. The minimum atomic E-state index is -0.172. The highest BCUT2D eigenvalue weighted by Crippen LogP contribution is 2.18. The molecular weight excluding hydrogens is 278 g/mol. The first kappa shape index (κ1) is 14.8. The van der Waals surface area contributed by atoms with E-state index in [1.165, 1.54) is 0 Å². The maximum absolute atomic E-state index is 11.5. The fourth-order valence-electron chi connectivity index (χ4n) is 1.53. The Balaban J connectivity index is 1.88. The van der Waals surface area contributed by atoms with Gasteiger partial charge in [-0.1, -0.05) is 5.16 Å². The number of aryl methyl sites for hydroxylation is 1. The molecule has 0 aliphatic carbocycles. The minimum Gasteiger partial charge on any atom is -0.374 e. The van der Waals surface area contributed by atoms with Gasteiger partial charge in [-0.25, -0.2) is 0 Å². The zero-order chi connectivity index (χ0) is 14.5. The molecule has 7 heteroatoms. The van der Waals surface area contributed by atoms with Crippen molar-refractivity contribution in [3.8, 4) is 0 Å². The van der Waals surface area contributed by atoms with Crippen molar-refractivity contribution in [2.24, 2.45) is 7.05 Å². The molecule has 0 aliphatic heterocycles. The predicted molar refractivity (Wildman–Crippen MR) is 76.4 cm³/mol. The van der Waals surface area contributed by atoms with E-state index in [4.69, 9.17) is 9.26 Å². The van der Waals surface area contributed by atoms with Crippen LogP contribution in [0.5, 0.6) is 0 Å². The van der Waals surface area contributed by atoms with Crippen molar-refractivity contribution in [3.63, 3.8) is 0 Å². The number of thioether (sulfide) groups is 1. The van der Waals surface area contributed by atoms with Gasteiger partial charge in [0.05, 0.1) is 5.75 Å². The van der Waals surface area contributed by atoms with Gasteiger partial charge >= 0.3 is 0 Å². The molecular formula is C13H17N3O3S. The largest absolute Gasteiger partial charge is 0.374 e. The molecule has 6 nitrogen and oxygen atoms in total. The fourth-order valence-corrected chi connectivity index (χ4v) is 2.34. The third kappa shape index (κ3) is 3.71. The summed E-state index contributed by atoms with van der Waals surface area (Å²) >= 11 is 1.62. The van der Waals surface area contributed by atoms with Crippen molar-refractivity contribution in [3.05, 3.63) is 46.0 Å². The lowest BCUT2D eigenvalue weighted by molar-refractivity contribution is 0.109. The lowest BCUT2D eigenvalue weighted by Gasteiger charge is -2.01. The molecule has 0 saturated carbocycles. The van der Waals surface area contributed by atoms with E-state index in [9.17, 15) is 4.79 Å². The molecule has 0 aliphatic rings. The first-order chi connectivity index (χ1) is 9.60. The molecule has 1 atom stereocenters. The summed E-state index contributed by atoms with van der Waals surface area (Å²) in [5, 5.41) is 3.86. The number of aromatic nitrogens is 3. The Bertz CT molecular complexity index is 623. The number of pyridine rings is 1. The third-order valence-electron chi connectivity index (χ3n) is 2.86. The maximum Gasteiger partial charge on any atom is 0.250 e. The predicted octanol–water partition coefficient (Wildman–Crippen LogP) is 1.91. The number of hydrogen-bond acceptors (Lipinski definition) is 6. The Hall–Kier alpha value is -1.60. The Morgan fingerprint density at radius 2 is 2.30 bits per heavy atom. The van der Waals surface area contributed by atoms with Crippen LogP contribution in [0.15, 0.2) is 27.6 Å². The molecule has 0 aromatic carbocycles. The topological polar surface area (TPSA) is 70.2 Å².